The Morgan fingerprint density at radius 2 is 1.29 bits per heavy atom. The number of piperidine rings is 1. The number of rotatable bonds is 25. The molecule has 2 aliphatic heterocycles. The zero-order valence-corrected chi connectivity index (χ0v) is 28.6. The molecule has 9 heteroatoms. The van der Waals surface area contributed by atoms with Gasteiger partial charge in [0.05, 0.1) is 45.0 Å². The van der Waals surface area contributed by atoms with Gasteiger partial charge in [-0.05, 0) is 13.3 Å². The highest BCUT2D eigenvalue weighted by Crippen LogP contribution is 2.50. The molecule has 0 amide bonds. The number of hydrogen-bond acceptors (Lipinski definition) is 6. The van der Waals surface area contributed by atoms with Gasteiger partial charge in [-0.2, -0.15) is 0 Å². The molecule has 0 radical (unpaired) electrons. The van der Waals surface area contributed by atoms with E-state index in [1.165, 1.54) is 96.8 Å². The number of phosphoric ester groups is 1. The molecule has 2 bridgehead atoms. The van der Waals surface area contributed by atoms with Gasteiger partial charge < -0.3 is 18.9 Å². The zero-order valence-electron chi connectivity index (χ0n) is 27.7. The summed E-state index contributed by atoms with van der Waals surface area (Å²) in [5.41, 5.74) is 0. The Labute approximate surface area is 257 Å². The lowest BCUT2D eigenvalue weighted by atomic mass is 9.98. The molecule has 5 unspecified atom stereocenters. The third kappa shape index (κ3) is 15.0. The van der Waals surface area contributed by atoms with Crippen LogP contribution in [0, 0.1) is 0 Å². The summed E-state index contributed by atoms with van der Waals surface area (Å²) in [7, 11) is 0.185. The lowest BCUT2D eigenvalue weighted by Gasteiger charge is -2.44. The van der Waals surface area contributed by atoms with Gasteiger partial charge >= 0.3 is 13.8 Å². The van der Waals surface area contributed by atoms with E-state index in [4.69, 9.17) is 18.5 Å². The van der Waals surface area contributed by atoms with Gasteiger partial charge in [0.15, 0.2) is 6.10 Å². The van der Waals surface area contributed by atoms with Gasteiger partial charge in [-0.25, -0.2) is 4.57 Å². The van der Waals surface area contributed by atoms with Crippen molar-refractivity contribution >= 4 is 13.8 Å². The molecule has 0 saturated carbocycles. The molecular weight excluding hydrogens is 553 g/mol. The Morgan fingerprint density at radius 1 is 0.833 bits per heavy atom. The number of nitrogens with zero attached hydrogens (tertiary/aromatic N) is 1. The lowest BCUT2D eigenvalue weighted by molar-refractivity contribution is -0.931. The summed E-state index contributed by atoms with van der Waals surface area (Å²) >= 11 is 0. The van der Waals surface area contributed by atoms with Crippen LogP contribution in [0.3, 0.4) is 0 Å². The van der Waals surface area contributed by atoms with Crippen LogP contribution in [-0.2, 0) is 27.9 Å². The lowest BCUT2D eigenvalue weighted by Crippen LogP contribution is -2.55. The van der Waals surface area contributed by atoms with Gasteiger partial charge in [-0.1, -0.05) is 103 Å². The van der Waals surface area contributed by atoms with Crippen LogP contribution in [-0.4, -0.2) is 73.1 Å². The van der Waals surface area contributed by atoms with Crippen molar-refractivity contribution in [2.75, 3.05) is 27.3 Å². The molecule has 2 saturated heterocycles. The van der Waals surface area contributed by atoms with E-state index in [-0.39, 0.29) is 12.7 Å². The normalized spacial score (nSPS) is 24.3. The first-order valence-electron chi connectivity index (χ1n) is 17.3. The molecule has 2 fully saturated rings. The first-order chi connectivity index (χ1) is 20.0. The highest BCUT2D eigenvalue weighted by molar-refractivity contribution is 7.47. The summed E-state index contributed by atoms with van der Waals surface area (Å²) in [5.74, 6) is -0.473. The largest absolute Gasteiger partial charge is 0.472 e. The van der Waals surface area contributed by atoms with E-state index in [1.54, 1.807) is 0 Å². The SMILES string of the molecule is CCCCCCCCCCCCCCCCCCOC(C)C(COP(=O)(O)OC1CC2CCC(C1)[N+]2(C)C)OC(C)=O. The van der Waals surface area contributed by atoms with Crippen molar-refractivity contribution < 1.29 is 37.3 Å². The molecule has 0 spiro atoms. The predicted molar refractivity (Wildman–Crippen MR) is 169 cm³/mol. The Kier molecular flexibility index (Phi) is 18.4. The average Bonchev–Trinajstić information content (AvgIpc) is 3.07. The number of ether oxygens (including phenoxy) is 2. The van der Waals surface area contributed by atoms with E-state index in [1.807, 2.05) is 6.92 Å². The first kappa shape index (κ1) is 37.7. The molecular formula is C33H65NO7P+. The van der Waals surface area contributed by atoms with Crippen LogP contribution in [0.15, 0.2) is 0 Å². The second-order valence-corrected chi connectivity index (χ2v) is 14.9. The number of fused-ring (bicyclic) bond motifs is 2. The van der Waals surface area contributed by atoms with Crippen LogP contribution < -0.4 is 0 Å². The van der Waals surface area contributed by atoms with E-state index in [2.05, 4.69) is 21.0 Å². The summed E-state index contributed by atoms with van der Waals surface area (Å²) < 4.78 is 35.9. The number of hydrogen-bond donors (Lipinski definition) is 1. The van der Waals surface area contributed by atoms with Crippen LogP contribution in [0.5, 0.6) is 0 Å². The molecule has 248 valence electrons. The molecule has 0 aliphatic carbocycles. The van der Waals surface area contributed by atoms with Crippen molar-refractivity contribution in [3.05, 3.63) is 0 Å². The topological polar surface area (TPSA) is 91.3 Å². The molecule has 42 heavy (non-hydrogen) atoms. The Balaban J connectivity index is 1.52. The molecule has 1 N–H and O–H groups in total. The molecule has 0 aromatic heterocycles. The van der Waals surface area contributed by atoms with Gasteiger partial charge in [-0.15, -0.1) is 0 Å². The summed E-state index contributed by atoms with van der Waals surface area (Å²) in [4.78, 5) is 22.1. The first-order valence-corrected chi connectivity index (χ1v) is 18.8. The molecule has 0 aromatic carbocycles. The number of carbonyl (C=O) groups excluding carboxylic acids is 1. The van der Waals surface area contributed by atoms with Crippen molar-refractivity contribution in [1.29, 1.82) is 0 Å². The van der Waals surface area contributed by atoms with E-state index >= 15 is 0 Å². The third-order valence-corrected chi connectivity index (χ3v) is 10.7. The maximum Gasteiger partial charge on any atom is 0.472 e. The minimum absolute atomic E-state index is 0.241. The standard InChI is InChI=1S/C33H64NO7P/c1-6-7-8-9-10-11-12-13-14-15-16-17-18-19-20-21-24-38-28(2)33(40-29(3)35)27-39-42(36,37)41-32-25-30-22-23-31(26-32)34(30,4)5/h28,30-33H,6-27H2,1-5H3/p+1. The molecule has 2 aliphatic rings. The van der Waals surface area contributed by atoms with Crippen molar-refractivity contribution in [3.8, 4) is 0 Å². The maximum atomic E-state index is 12.7. The highest BCUT2D eigenvalue weighted by Gasteiger charge is 2.50. The number of unbranched alkanes of at least 4 members (excludes halogenated alkanes) is 15. The monoisotopic (exact) mass is 618 g/mol. The van der Waals surface area contributed by atoms with E-state index < -0.39 is 26.0 Å². The Morgan fingerprint density at radius 3 is 1.74 bits per heavy atom. The van der Waals surface area contributed by atoms with Gasteiger partial charge in [0, 0.05) is 39.2 Å². The van der Waals surface area contributed by atoms with Gasteiger partial charge in [0.2, 0.25) is 0 Å². The maximum absolute atomic E-state index is 12.7. The fourth-order valence-electron chi connectivity index (χ4n) is 6.81. The van der Waals surface area contributed by atoms with Crippen LogP contribution in [0.25, 0.3) is 0 Å². The van der Waals surface area contributed by atoms with E-state index in [0.29, 0.717) is 18.7 Å². The fraction of sp³-hybridized carbons (Fsp3) is 0.970. The van der Waals surface area contributed by atoms with Crippen molar-refractivity contribution in [2.45, 2.75) is 180 Å². The number of phosphoric acid groups is 1. The third-order valence-electron chi connectivity index (χ3n) is 9.69. The van der Waals surface area contributed by atoms with Crippen molar-refractivity contribution in [1.82, 2.24) is 0 Å². The second kappa shape index (κ2) is 20.5. The quantitative estimate of drug-likeness (QED) is 0.0475. The van der Waals surface area contributed by atoms with Gasteiger partial charge in [0.25, 0.3) is 0 Å². The van der Waals surface area contributed by atoms with Crippen LogP contribution in [0.1, 0.15) is 149 Å². The van der Waals surface area contributed by atoms with E-state index in [0.717, 1.165) is 43.0 Å². The predicted octanol–water partition coefficient (Wildman–Crippen LogP) is 8.49. The summed E-state index contributed by atoms with van der Waals surface area (Å²) in [6.07, 6.45) is 23.3. The van der Waals surface area contributed by atoms with Crippen molar-refractivity contribution in [3.63, 3.8) is 0 Å². The van der Waals surface area contributed by atoms with Crippen LogP contribution in [0.2, 0.25) is 0 Å². The number of carbonyl (C=O) groups is 1. The number of quaternary nitrogens is 1. The van der Waals surface area contributed by atoms with Crippen molar-refractivity contribution in [2.24, 2.45) is 0 Å². The molecule has 2 heterocycles. The minimum Gasteiger partial charge on any atom is -0.457 e. The summed E-state index contributed by atoms with van der Waals surface area (Å²) in [5, 5.41) is 0. The molecule has 8 nitrogen and oxygen atoms in total. The molecule has 0 aromatic rings. The Bertz CT molecular complexity index is 763. The summed E-state index contributed by atoms with van der Waals surface area (Å²) in [6.45, 7) is 5.72. The van der Waals surface area contributed by atoms with E-state index in [9.17, 15) is 14.3 Å². The second-order valence-electron chi connectivity index (χ2n) is 13.5. The number of esters is 1. The van der Waals surface area contributed by atoms with Crippen LogP contribution >= 0.6 is 7.82 Å². The Hall–Kier alpha value is -0.500. The van der Waals surface area contributed by atoms with Gasteiger partial charge in [0.1, 0.15) is 0 Å². The zero-order chi connectivity index (χ0) is 30.8. The summed E-state index contributed by atoms with van der Waals surface area (Å²) in [6, 6.07) is 0.890. The average molecular weight is 619 g/mol. The molecule has 5 atom stereocenters. The minimum atomic E-state index is -4.28. The smallest absolute Gasteiger partial charge is 0.457 e. The van der Waals surface area contributed by atoms with Gasteiger partial charge in [-0.3, -0.25) is 13.8 Å². The fourth-order valence-corrected chi connectivity index (χ4v) is 7.75. The molecule has 2 rings (SSSR count). The van der Waals surface area contributed by atoms with Crippen LogP contribution in [0.4, 0.5) is 0 Å². The highest BCUT2D eigenvalue weighted by atomic mass is 31.2.